The van der Waals surface area contributed by atoms with Gasteiger partial charge in [-0.2, -0.15) is 0 Å². The van der Waals surface area contributed by atoms with Gasteiger partial charge in [-0.25, -0.2) is 17.5 Å². The van der Waals surface area contributed by atoms with E-state index in [0.29, 0.717) is 18.4 Å². The minimum Gasteiger partial charge on any atom is -0.326 e. The van der Waals surface area contributed by atoms with Gasteiger partial charge in [0, 0.05) is 18.7 Å². The van der Waals surface area contributed by atoms with Crippen molar-refractivity contribution in [1.82, 2.24) is 4.72 Å². The monoisotopic (exact) mass is 272 g/mol. The Hall–Kier alpha value is -0.980. The van der Waals surface area contributed by atoms with Crippen LogP contribution in [0.2, 0.25) is 0 Å². The molecule has 2 rings (SSSR count). The maximum absolute atomic E-state index is 13.2. The third-order valence-electron chi connectivity index (χ3n) is 3.36. The van der Waals surface area contributed by atoms with Crippen molar-refractivity contribution in [3.63, 3.8) is 0 Å². The molecule has 2 unspecified atom stereocenters. The molecule has 1 aromatic rings. The minimum absolute atomic E-state index is 0.0190. The third-order valence-corrected chi connectivity index (χ3v) is 4.78. The maximum atomic E-state index is 13.2. The highest BCUT2D eigenvalue weighted by atomic mass is 32.2. The minimum atomic E-state index is -3.56. The summed E-state index contributed by atoms with van der Waals surface area (Å²) in [4.78, 5) is 0.0673. The van der Waals surface area contributed by atoms with Crippen molar-refractivity contribution in [2.24, 2.45) is 17.6 Å². The number of nitrogens with two attached hydrogens (primary N) is 1. The summed E-state index contributed by atoms with van der Waals surface area (Å²) >= 11 is 0. The summed E-state index contributed by atoms with van der Waals surface area (Å²) in [7, 11) is -3.56. The molecule has 3 N–H and O–H groups in total. The molecule has 18 heavy (non-hydrogen) atoms. The van der Waals surface area contributed by atoms with Crippen molar-refractivity contribution in [3.8, 4) is 0 Å². The maximum Gasteiger partial charge on any atom is 0.240 e. The van der Waals surface area contributed by atoms with Gasteiger partial charge < -0.3 is 5.73 Å². The first-order chi connectivity index (χ1) is 8.44. The van der Waals surface area contributed by atoms with Crippen molar-refractivity contribution >= 4 is 10.0 Å². The van der Waals surface area contributed by atoms with E-state index in [0.717, 1.165) is 12.5 Å². The molecule has 0 radical (unpaired) electrons. The fourth-order valence-electron chi connectivity index (χ4n) is 1.86. The molecule has 1 aliphatic rings. The number of hydrogen-bond acceptors (Lipinski definition) is 3. The zero-order valence-corrected chi connectivity index (χ0v) is 11.0. The van der Waals surface area contributed by atoms with E-state index >= 15 is 0 Å². The average Bonchev–Trinajstić information content (AvgIpc) is 3.03. The average molecular weight is 272 g/mol. The van der Waals surface area contributed by atoms with Gasteiger partial charge in [-0.15, -0.1) is 0 Å². The number of benzene rings is 1. The molecule has 6 heteroatoms. The Balaban J connectivity index is 2.13. The van der Waals surface area contributed by atoms with Crippen LogP contribution in [-0.4, -0.2) is 15.0 Å². The molecule has 2 atom stereocenters. The van der Waals surface area contributed by atoms with Gasteiger partial charge in [0.1, 0.15) is 5.82 Å². The van der Waals surface area contributed by atoms with E-state index in [2.05, 4.69) is 11.6 Å². The molecular formula is C12H17FN2O2S. The Kier molecular flexibility index (Phi) is 3.70. The van der Waals surface area contributed by atoms with Crippen LogP contribution in [0.1, 0.15) is 18.9 Å². The number of nitrogens with one attached hydrogen (secondary N) is 1. The summed E-state index contributed by atoms with van der Waals surface area (Å²) in [6.45, 7) is 2.51. The molecule has 0 bridgehead atoms. The fourth-order valence-corrected chi connectivity index (χ4v) is 3.00. The Morgan fingerprint density at radius 1 is 1.50 bits per heavy atom. The van der Waals surface area contributed by atoms with Crippen LogP contribution in [0, 0.1) is 17.7 Å². The highest BCUT2D eigenvalue weighted by Crippen LogP contribution is 2.37. The summed E-state index contributed by atoms with van der Waals surface area (Å²) in [6, 6.07) is 3.68. The SMILES string of the molecule is CC1CC1CNS(=O)(=O)c1ccc(F)c(CN)c1. The second-order valence-corrected chi connectivity index (χ2v) is 6.55. The van der Waals surface area contributed by atoms with Crippen LogP contribution in [0.5, 0.6) is 0 Å². The molecule has 100 valence electrons. The molecular weight excluding hydrogens is 255 g/mol. The molecule has 4 nitrogen and oxygen atoms in total. The zero-order valence-electron chi connectivity index (χ0n) is 10.2. The topological polar surface area (TPSA) is 72.2 Å². The van der Waals surface area contributed by atoms with Gasteiger partial charge in [0.25, 0.3) is 0 Å². The van der Waals surface area contributed by atoms with E-state index in [1.807, 2.05) is 0 Å². The second kappa shape index (κ2) is 4.95. The quantitative estimate of drug-likeness (QED) is 0.846. The van der Waals surface area contributed by atoms with Gasteiger partial charge in [-0.3, -0.25) is 0 Å². The lowest BCUT2D eigenvalue weighted by molar-refractivity contribution is 0.572. The number of rotatable bonds is 5. The van der Waals surface area contributed by atoms with Crippen LogP contribution in [0.25, 0.3) is 0 Å². The van der Waals surface area contributed by atoms with E-state index in [1.54, 1.807) is 0 Å². The highest BCUT2D eigenvalue weighted by Gasteiger charge is 2.33. The lowest BCUT2D eigenvalue weighted by Gasteiger charge is -2.08. The summed E-state index contributed by atoms with van der Waals surface area (Å²) in [5.41, 5.74) is 5.56. The molecule has 1 saturated carbocycles. The Bertz CT molecular complexity index is 545. The number of hydrogen-bond donors (Lipinski definition) is 2. The molecule has 1 aromatic carbocycles. The number of sulfonamides is 1. The second-order valence-electron chi connectivity index (χ2n) is 4.78. The Morgan fingerprint density at radius 3 is 2.72 bits per heavy atom. The van der Waals surface area contributed by atoms with Crippen LogP contribution >= 0.6 is 0 Å². The smallest absolute Gasteiger partial charge is 0.240 e. The van der Waals surface area contributed by atoms with Crippen LogP contribution in [-0.2, 0) is 16.6 Å². The third kappa shape index (κ3) is 2.88. The van der Waals surface area contributed by atoms with Crippen molar-refractivity contribution in [2.75, 3.05) is 6.54 Å². The summed E-state index contributed by atoms with van der Waals surface area (Å²) in [6.07, 6.45) is 1.06. The van der Waals surface area contributed by atoms with Crippen LogP contribution in [0.4, 0.5) is 4.39 Å². The van der Waals surface area contributed by atoms with Gasteiger partial charge in [-0.05, 0) is 36.5 Å². The summed E-state index contributed by atoms with van der Waals surface area (Å²) < 4.78 is 39.7. The van der Waals surface area contributed by atoms with Gasteiger partial charge in [0.15, 0.2) is 0 Å². The molecule has 1 fully saturated rings. The van der Waals surface area contributed by atoms with Crippen molar-refractivity contribution in [2.45, 2.75) is 24.8 Å². The first-order valence-electron chi connectivity index (χ1n) is 5.92. The van der Waals surface area contributed by atoms with Crippen LogP contribution in [0.3, 0.4) is 0 Å². The van der Waals surface area contributed by atoms with Gasteiger partial charge in [0.2, 0.25) is 10.0 Å². The predicted molar refractivity (Wildman–Crippen MR) is 66.8 cm³/mol. The van der Waals surface area contributed by atoms with Crippen molar-refractivity contribution in [1.29, 1.82) is 0 Å². The van der Waals surface area contributed by atoms with Gasteiger partial charge in [0.05, 0.1) is 4.90 Å². The zero-order chi connectivity index (χ0) is 13.3. The first-order valence-corrected chi connectivity index (χ1v) is 7.40. The fraction of sp³-hybridized carbons (Fsp3) is 0.500. The van der Waals surface area contributed by atoms with Crippen LogP contribution in [0.15, 0.2) is 23.1 Å². The van der Waals surface area contributed by atoms with Crippen LogP contribution < -0.4 is 10.5 Å². The predicted octanol–water partition coefficient (Wildman–Crippen LogP) is 1.22. The standard InChI is InChI=1S/C12H17FN2O2S/c1-8-4-10(8)7-15-18(16,17)11-2-3-12(13)9(5-11)6-14/h2-3,5,8,10,15H,4,6-7,14H2,1H3. The van der Waals surface area contributed by atoms with E-state index in [-0.39, 0.29) is 17.0 Å². The Morgan fingerprint density at radius 2 is 2.17 bits per heavy atom. The Labute approximate surface area is 106 Å². The molecule has 0 amide bonds. The van der Waals surface area contributed by atoms with E-state index < -0.39 is 15.8 Å². The number of halogens is 1. The largest absolute Gasteiger partial charge is 0.326 e. The molecule has 0 aromatic heterocycles. The molecule has 1 aliphatic carbocycles. The molecule has 0 spiro atoms. The van der Waals surface area contributed by atoms with Crippen molar-refractivity contribution in [3.05, 3.63) is 29.6 Å². The van der Waals surface area contributed by atoms with E-state index in [9.17, 15) is 12.8 Å². The van der Waals surface area contributed by atoms with Gasteiger partial charge in [-0.1, -0.05) is 6.92 Å². The first kappa shape index (κ1) is 13.5. The normalized spacial score (nSPS) is 23.1. The van der Waals surface area contributed by atoms with Crippen molar-refractivity contribution < 1.29 is 12.8 Å². The molecule has 0 saturated heterocycles. The molecule has 0 heterocycles. The van der Waals surface area contributed by atoms with Gasteiger partial charge >= 0.3 is 0 Å². The lowest BCUT2D eigenvalue weighted by atomic mass is 10.2. The van der Waals surface area contributed by atoms with E-state index in [1.165, 1.54) is 12.1 Å². The lowest BCUT2D eigenvalue weighted by Crippen LogP contribution is -2.26. The summed E-state index contributed by atoms with van der Waals surface area (Å²) in [5, 5.41) is 0. The van der Waals surface area contributed by atoms with E-state index in [4.69, 9.17) is 5.73 Å². The summed E-state index contributed by atoms with van der Waals surface area (Å²) in [5.74, 6) is 0.530. The molecule has 0 aliphatic heterocycles. The highest BCUT2D eigenvalue weighted by molar-refractivity contribution is 7.89.